The van der Waals surface area contributed by atoms with Gasteiger partial charge in [-0.2, -0.15) is 0 Å². The molecule has 0 spiro atoms. The molecular weight excluding hydrogens is 212 g/mol. The van der Waals surface area contributed by atoms with Gasteiger partial charge in [0.2, 0.25) is 0 Å². The van der Waals surface area contributed by atoms with Crippen molar-refractivity contribution in [2.24, 2.45) is 0 Å². The van der Waals surface area contributed by atoms with Gasteiger partial charge in [0.15, 0.2) is 0 Å². The molecule has 2 heteroatoms. The van der Waals surface area contributed by atoms with Crippen LogP contribution in [0.2, 0.25) is 0 Å². The molecule has 2 rings (SSSR count). The third kappa shape index (κ3) is 3.05. The van der Waals surface area contributed by atoms with Crippen LogP contribution in [0, 0.1) is 0 Å². The number of hydrogen-bond donors (Lipinski definition) is 0. The quantitative estimate of drug-likeness (QED) is 0.587. The van der Waals surface area contributed by atoms with Crippen LogP contribution in [0.5, 0.6) is 5.75 Å². The van der Waals surface area contributed by atoms with E-state index >= 15 is 0 Å². The Bertz CT molecular complexity index is 515. The SMILES string of the molecule is O=COc1ccccc1/C=C/c1ccccc1. The van der Waals surface area contributed by atoms with Gasteiger partial charge in [-0.1, -0.05) is 60.7 Å². The maximum absolute atomic E-state index is 10.4. The first-order valence-corrected chi connectivity index (χ1v) is 5.32. The molecule has 0 aliphatic heterocycles. The highest BCUT2D eigenvalue weighted by Crippen LogP contribution is 2.19. The summed E-state index contributed by atoms with van der Waals surface area (Å²) < 4.78 is 4.89. The number of rotatable bonds is 4. The van der Waals surface area contributed by atoms with E-state index in [0.717, 1.165) is 11.1 Å². The Morgan fingerprint density at radius 3 is 2.29 bits per heavy atom. The van der Waals surface area contributed by atoms with Crippen molar-refractivity contribution in [3.63, 3.8) is 0 Å². The van der Waals surface area contributed by atoms with E-state index in [1.807, 2.05) is 60.7 Å². The lowest BCUT2D eigenvalue weighted by Crippen LogP contribution is -1.90. The van der Waals surface area contributed by atoms with E-state index in [2.05, 4.69) is 0 Å². The standard InChI is InChI=1S/C15H12O2/c16-12-17-15-9-5-4-8-14(15)11-10-13-6-2-1-3-7-13/h1-12H/b11-10+. The second-order valence-electron chi connectivity index (χ2n) is 3.50. The van der Waals surface area contributed by atoms with Gasteiger partial charge in [-0.25, -0.2) is 0 Å². The number of carbonyl (C=O) groups excluding carboxylic acids is 1. The number of ether oxygens (including phenoxy) is 1. The molecule has 0 unspecified atom stereocenters. The summed E-state index contributed by atoms with van der Waals surface area (Å²) in [5.74, 6) is 0.565. The molecule has 0 aromatic heterocycles. The molecule has 17 heavy (non-hydrogen) atoms. The fraction of sp³-hybridized carbons (Fsp3) is 0. The molecule has 0 saturated carbocycles. The normalized spacial score (nSPS) is 10.4. The Hall–Kier alpha value is -2.35. The van der Waals surface area contributed by atoms with E-state index in [9.17, 15) is 4.79 Å². The van der Waals surface area contributed by atoms with Gasteiger partial charge in [0.1, 0.15) is 5.75 Å². The van der Waals surface area contributed by atoms with Crippen molar-refractivity contribution < 1.29 is 9.53 Å². The molecule has 0 bridgehead atoms. The molecule has 0 aliphatic carbocycles. The van der Waals surface area contributed by atoms with E-state index in [4.69, 9.17) is 4.74 Å². The number of benzene rings is 2. The maximum atomic E-state index is 10.4. The van der Waals surface area contributed by atoms with Gasteiger partial charge < -0.3 is 4.74 Å². The zero-order chi connectivity index (χ0) is 11.9. The summed E-state index contributed by atoms with van der Waals surface area (Å²) in [4.78, 5) is 10.4. The van der Waals surface area contributed by atoms with Crippen molar-refractivity contribution in [2.45, 2.75) is 0 Å². The van der Waals surface area contributed by atoms with E-state index in [1.165, 1.54) is 0 Å². The van der Waals surface area contributed by atoms with Crippen molar-refractivity contribution in [3.8, 4) is 5.75 Å². The molecule has 0 radical (unpaired) electrons. The Morgan fingerprint density at radius 2 is 1.53 bits per heavy atom. The smallest absolute Gasteiger partial charge is 0.298 e. The van der Waals surface area contributed by atoms with Crippen molar-refractivity contribution in [1.29, 1.82) is 0 Å². The monoisotopic (exact) mass is 224 g/mol. The minimum absolute atomic E-state index is 0.440. The highest BCUT2D eigenvalue weighted by Gasteiger charge is 1.97. The summed E-state index contributed by atoms with van der Waals surface area (Å²) in [5.41, 5.74) is 1.98. The van der Waals surface area contributed by atoms with Crippen molar-refractivity contribution in [2.75, 3.05) is 0 Å². The number of para-hydroxylation sites is 1. The molecule has 2 nitrogen and oxygen atoms in total. The van der Waals surface area contributed by atoms with Crippen molar-refractivity contribution in [3.05, 3.63) is 65.7 Å². The summed E-state index contributed by atoms with van der Waals surface area (Å²) in [7, 11) is 0. The van der Waals surface area contributed by atoms with Gasteiger partial charge in [-0.15, -0.1) is 0 Å². The number of hydrogen-bond acceptors (Lipinski definition) is 2. The molecule has 0 aliphatic rings. The third-order valence-electron chi connectivity index (χ3n) is 2.35. The number of carbonyl (C=O) groups is 1. The average molecular weight is 224 g/mol. The Balaban J connectivity index is 2.24. The van der Waals surface area contributed by atoms with Gasteiger partial charge in [-0.3, -0.25) is 4.79 Å². The van der Waals surface area contributed by atoms with E-state index in [1.54, 1.807) is 6.07 Å². The average Bonchev–Trinajstić information content (AvgIpc) is 2.39. The second kappa shape index (κ2) is 5.66. The molecule has 2 aromatic carbocycles. The molecule has 0 N–H and O–H groups in total. The lowest BCUT2D eigenvalue weighted by Gasteiger charge is -2.01. The lowest BCUT2D eigenvalue weighted by molar-refractivity contribution is -0.120. The molecule has 0 atom stereocenters. The van der Waals surface area contributed by atoms with Crippen LogP contribution in [0.25, 0.3) is 12.2 Å². The van der Waals surface area contributed by atoms with E-state index in [-0.39, 0.29) is 0 Å². The first kappa shape index (κ1) is 11.1. The first-order chi connectivity index (χ1) is 8.40. The summed E-state index contributed by atoms with van der Waals surface area (Å²) in [6, 6.07) is 17.4. The summed E-state index contributed by atoms with van der Waals surface area (Å²) in [6.07, 6.45) is 3.90. The van der Waals surface area contributed by atoms with Crippen LogP contribution in [-0.2, 0) is 4.79 Å². The summed E-state index contributed by atoms with van der Waals surface area (Å²) >= 11 is 0. The van der Waals surface area contributed by atoms with Crippen LogP contribution in [0.4, 0.5) is 0 Å². The Kier molecular flexibility index (Phi) is 3.71. The molecule has 0 saturated heterocycles. The predicted molar refractivity (Wildman–Crippen MR) is 68.5 cm³/mol. The fourth-order valence-corrected chi connectivity index (χ4v) is 1.53. The van der Waals surface area contributed by atoms with Crippen LogP contribution in [0.15, 0.2) is 54.6 Å². The zero-order valence-corrected chi connectivity index (χ0v) is 9.24. The van der Waals surface area contributed by atoms with Crippen molar-refractivity contribution in [1.82, 2.24) is 0 Å². The first-order valence-electron chi connectivity index (χ1n) is 5.32. The van der Waals surface area contributed by atoms with E-state index < -0.39 is 0 Å². The van der Waals surface area contributed by atoms with Gasteiger partial charge in [-0.05, 0) is 11.6 Å². The highest BCUT2D eigenvalue weighted by atomic mass is 16.5. The lowest BCUT2D eigenvalue weighted by atomic mass is 10.1. The fourth-order valence-electron chi connectivity index (χ4n) is 1.53. The van der Waals surface area contributed by atoms with Crippen LogP contribution in [0.1, 0.15) is 11.1 Å². The van der Waals surface area contributed by atoms with Gasteiger partial charge in [0.25, 0.3) is 6.47 Å². The molecule has 0 heterocycles. The zero-order valence-electron chi connectivity index (χ0n) is 9.24. The van der Waals surface area contributed by atoms with Crippen LogP contribution in [-0.4, -0.2) is 6.47 Å². The van der Waals surface area contributed by atoms with Gasteiger partial charge in [0.05, 0.1) is 0 Å². The Labute approximate surface area is 100 Å². The molecule has 2 aromatic rings. The van der Waals surface area contributed by atoms with Crippen LogP contribution >= 0.6 is 0 Å². The minimum Gasteiger partial charge on any atom is -0.428 e. The van der Waals surface area contributed by atoms with Crippen LogP contribution < -0.4 is 4.74 Å². The largest absolute Gasteiger partial charge is 0.428 e. The maximum Gasteiger partial charge on any atom is 0.298 e. The summed E-state index contributed by atoms with van der Waals surface area (Å²) in [6.45, 7) is 0.440. The topological polar surface area (TPSA) is 26.3 Å². The van der Waals surface area contributed by atoms with E-state index in [0.29, 0.717) is 12.2 Å². The molecular formula is C15H12O2. The van der Waals surface area contributed by atoms with Gasteiger partial charge in [0, 0.05) is 5.56 Å². The second-order valence-corrected chi connectivity index (χ2v) is 3.50. The minimum atomic E-state index is 0.440. The van der Waals surface area contributed by atoms with Gasteiger partial charge >= 0.3 is 0 Å². The molecule has 0 amide bonds. The summed E-state index contributed by atoms with van der Waals surface area (Å²) in [5, 5.41) is 0. The van der Waals surface area contributed by atoms with Crippen LogP contribution in [0.3, 0.4) is 0 Å². The molecule has 84 valence electrons. The highest BCUT2D eigenvalue weighted by molar-refractivity contribution is 5.73. The molecule has 0 fully saturated rings. The predicted octanol–water partition coefficient (Wildman–Crippen LogP) is 3.39. The Morgan fingerprint density at radius 1 is 0.824 bits per heavy atom. The third-order valence-corrected chi connectivity index (χ3v) is 2.35. The van der Waals surface area contributed by atoms with Crippen molar-refractivity contribution >= 4 is 18.6 Å².